The van der Waals surface area contributed by atoms with Crippen LogP contribution in [0.5, 0.6) is 5.75 Å². The minimum atomic E-state index is -0.0172. The number of rotatable bonds is 5. The zero-order chi connectivity index (χ0) is 14.4. The Kier molecular flexibility index (Phi) is 4.51. The van der Waals surface area contributed by atoms with Crippen LogP contribution in [0.15, 0.2) is 61.2 Å². The molecule has 0 spiro atoms. The molecule has 0 unspecified atom stereocenters. The van der Waals surface area contributed by atoms with E-state index in [0.717, 1.165) is 16.9 Å². The lowest BCUT2D eigenvalue weighted by atomic mass is 10.1. The van der Waals surface area contributed by atoms with Crippen molar-refractivity contribution in [1.29, 1.82) is 0 Å². The Morgan fingerprint density at radius 2 is 1.60 bits per heavy atom. The second-order valence-electron chi connectivity index (χ2n) is 4.30. The smallest absolute Gasteiger partial charge is 0.185 e. The largest absolute Gasteiger partial charge is 0.497 e. The Bertz CT molecular complexity index is 619. The van der Waals surface area contributed by atoms with Gasteiger partial charge in [-0.2, -0.15) is 0 Å². The predicted octanol–water partition coefficient (Wildman–Crippen LogP) is 4.23. The number of hydrogen-bond acceptors (Lipinski definition) is 2. The summed E-state index contributed by atoms with van der Waals surface area (Å²) in [4.78, 5) is 12.0. The highest BCUT2D eigenvalue weighted by molar-refractivity contribution is 6.06. The molecule has 0 saturated heterocycles. The molecule has 2 heteroatoms. The number of allylic oxidation sites excluding steroid dienone is 1. The molecule has 0 bridgehead atoms. The Labute approximate surface area is 119 Å². The van der Waals surface area contributed by atoms with Crippen LogP contribution in [0.25, 0.3) is 12.2 Å². The Morgan fingerprint density at radius 3 is 2.15 bits per heavy atom. The third-order valence-electron chi connectivity index (χ3n) is 2.97. The topological polar surface area (TPSA) is 26.3 Å². The van der Waals surface area contributed by atoms with E-state index in [0.29, 0.717) is 5.56 Å². The zero-order valence-electron chi connectivity index (χ0n) is 11.4. The van der Waals surface area contributed by atoms with E-state index in [1.807, 2.05) is 36.4 Å². The fourth-order valence-corrected chi connectivity index (χ4v) is 1.77. The minimum absolute atomic E-state index is 0.0172. The monoisotopic (exact) mass is 264 g/mol. The van der Waals surface area contributed by atoms with E-state index in [4.69, 9.17) is 4.74 Å². The van der Waals surface area contributed by atoms with Gasteiger partial charge in [0.05, 0.1) is 7.11 Å². The van der Waals surface area contributed by atoms with E-state index in [9.17, 15) is 4.79 Å². The van der Waals surface area contributed by atoms with Crippen LogP contribution in [0.1, 0.15) is 21.5 Å². The number of methoxy groups -OCH3 is 1. The second-order valence-corrected chi connectivity index (χ2v) is 4.30. The van der Waals surface area contributed by atoms with Gasteiger partial charge in [-0.25, -0.2) is 0 Å². The Hall–Kier alpha value is -2.61. The van der Waals surface area contributed by atoms with E-state index in [-0.39, 0.29) is 5.78 Å². The molecule has 0 aliphatic heterocycles. The maximum absolute atomic E-state index is 12.0. The van der Waals surface area contributed by atoms with Gasteiger partial charge in [-0.3, -0.25) is 4.79 Å². The maximum Gasteiger partial charge on any atom is 0.185 e. The molecular weight excluding hydrogens is 248 g/mol. The lowest BCUT2D eigenvalue weighted by Gasteiger charge is -1.99. The summed E-state index contributed by atoms with van der Waals surface area (Å²) in [5.41, 5.74) is 2.63. The summed E-state index contributed by atoms with van der Waals surface area (Å²) in [6.07, 6.45) is 5.12. The molecule has 0 atom stereocenters. The van der Waals surface area contributed by atoms with Crippen molar-refractivity contribution in [3.63, 3.8) is 0 Å². The molecule has 0 radical (unpaired) electrons. The average molecular weight is 264 g/mol. The molecule has 0 saturated carbocycles. The fourth-order valence-electron chi connectivity index (χ4n) is 1.77. The van der Waals surface area contributed by atoms with Gasteiger partial charge in [0.25, 0.3) is 0 Å². The highest BCUT2D eigenvalue weighted by Gasteiger charge is 2.00. The van der Waals surface area contributed by atoms with Gasteiger partial charge in [-0.1, -0.05) is 55.1 Å². The van der Waals surface area contributed by atoms with E-state index in [1.54, 1.807) is 37.5 Å². The predicted molar refractivity (Wildman–Crippen MR) is 82.9 cm³/mol. The molecule has 100 valence electrons. The molecule has 2 nitrogen and oxygen atoms in total. The van der Waals surface area contributed by atoms with Crippen LogP contribution in [0.4, 0.5) is 0 Å². The first kappa shape index (κ1) is 13.8. The van der Waals surface area contributed by atoms with Gasteiger partial charge in [0, 0.05) is 5.56 Å². The molecule has 2 rings (SSSR count). The van der Waals surface area contributed by atoms with Crippen molar-refractivity contribution in [2.45, 2.75) is 0 Å². The summed E-state index contributed by atoms with van der Waals surface area (Å²) in [6.45, 7) is 3.69. The van der Waals surface area contributed by atoms with Crippen molar-refractivity contribution in [2.75, 3.05) is 7.11 Å². The number of ketones is 1. The van der Waals surface area contributed by atoms with Gasteiger partial charge in [-0.15, -0.1) is 0 Å². The SMILES string of the molecule is C=Cc1ccc(C(=O)/C=C/c2ccc(OC)cc2)cc1. The van der Waals surface area contributed by atoms with Crippen LogP contribution in [-0.4, -0.2) is 12.9 Å². The van der Waals surface area contributed by atoms with Crippen LogP contribution in [0.2, 0.25) is 0 Å². The molecule has 2 aromatic rings. The molecule has 0 fully saturated rings. The van der Waals surface area contributed by atoms with Gasteiger partial charge < -0.3 is 4.74 Å². The van der Waals surface area contributed by atoms with Crippen molar-refractivity contribution < 1.29 is 9.53 Å². The molecule has 0 N–H and O–H groups in total. The highest BCUT2D eigenvalue weighted by Crippen LogP contribution is 2.13. The van der Waals surface area contributed by atoms with Gasteiger partial charge in [-0.05, 0) is 29.3 Å². The minimum Gasteiger partial charge on any atom is -0.497 e. The van der Waals surface area contributed by atoms with Crippen molar-refractivity contribution in [2.24, 2.45) is 0 Å². The summed E-state index contributed by atoms with van der Waals surface area (Å²) >= 11 is 0. The van der Waals surface area contributed by atoms with E-state index in [2.05, 4.69) is 6.58 Å². The number of benzene rings is 2. The lowest BCUT2D eigenvalue weighted by molar-refractivity contribution is 0.104. The first-order valence-corrected chi connectivity index (χ1v) is 6.32. The van der Waals surface area contributed by atoms with Crippen molar-refractivity contribution >= 4 is 17.9 Å². The van der Waals surface area contributed by atoms with Crippen LogP contribution < -0.4 is 4.74 Å². The van der Waals surface area contributed by atoms with Crippen molar-refractivity contribution in [1.82, 2.24) is 0 Å². The van der Waals surface area contributed by atoms with Gasteiger partial charge in [0.1, 0.15) is 5.75 Å². The molecule has 0 aromatic heterocycles. The van der Waals surface area contributed by atoms with Crippen LogP contribution in [0.3, 0.4) is 0 Å². The number of carbonyl (C=O) groups is 1. The number of hydrogen-bond donors (Lipinski definition) is 0. The third-order valence-corrected chi connectivity index (χ3v) is 2.97. The Morgan fingerprint density at radius 1 is 1.00 bits per heavy atom. The lowest BCUT2D eigenvalue weighted by Crippen LogP contribution is -1.93. The maximum atomic E-state index is 12.0. The standard InChI is InChI=1S/C18H16O2/c1-3-14-4-9-16(10-5-14)18(19)13-8-15-6-11-17(20-2)12-7-15/h3-13H,1H2,2H3/b13-8+. The Balaban J connectivity index is 2.08. The second kappa shape index (κ2) is 6.53. The highest BCUT2D eigenvalue weighted by atomic mass is 16.5. The normalized spacial score (nSPS) is 10.4. The molecule has 0 amide bonds. The zero-order valence-corrected chi connectivity index (χ0v) is 11.4. The first-order valence-electron chi connectivity index (χ1n) is 6.32. The number of ether oxygens (including phenoxy) is 1. The van der Waals surface area contributed by atoms with Gasteiger partial charge in [0.15, 0.2) is 5.78 Å². The van der Waals surface area contributed by atoms with Crippen LogP contribution in [-0.2, 0) is 0 Å². The third kappa shape index (κ3) is 3.45. The van der Waals surface area contributed by atoms with Gasteiger partial charge >= 0.3 is 0 Å². The van der Waals surface area contributed by atoms with E-state index >= 15 is 0 Å². The van der Waals surface area contributed by atoms with E-state index in [1.165, 1.54) is 0 Å². The summed E-state index contributed by atoms with van der Waals surface area (Å²) in [7, 11) is 1.63. The molecule has 0 aliphatic carbocycles. The average Bonchev–Trinajstić information content (AvgIpc) is 2.53. The van der Waals surface area contributed by atoms with Gasteiger partial charge in [0.2, 0.25) is 0 Å². The summed E-state index contributed by atoms with van der Waals surface area (Å²) in [6, 6.07) is 14.9. The molecule has 0 aliphatic rings. The van der Waals surface area contributed by atoms with E-state index < -0.39 is 0 Å². The summed E-state index contributed by atoms with van der Waals surface area (Å²) < 4.78 is 5.09. The fraction of sp³-hybridized carbons (Fsp3) is 0.0556. The number of carbonyl (C=O) groups excluding carboxylic acids is 1. The summed E-state index contributed by atoms with van der Waals surface area (Å²) in [5, 5.41) is 0. The van der Waals surface area contributed by atoms with Crippen LogP contribution in [0, 0.1) is 0 Å². The van der Waals surface area contributed by atoms with Crippen molar-refractivity contribution in [3.8, 4) is 5.75 Å². The summed E-state index contributed by atoms with van der Waals surface area (Å²) in [5.74, 6) is 0.782. The first-order chi connectivity index (χ1) is 9.72. The molecule has 20 heavy (non-hydrogen) atoms. The quantitative estimate of drug-likeness (QED) is 0.596. The van der Waals surface area contributed by atoms with Crippen molar-refractivity contribution in [3.05, 3.63) is 77.9 Å². The molecule has 0 heterocycles. The van der Waals surface area contributed by atoms with Crippen LogP contribution >= 0.6 is 0 Å². The molecule has 2 aromatic carbocycles. The molecular formula is C18H16O2.